The average Bonchev–Trinajstić information content (AvgIpc) is 3.38. The van der Waals surface area contributed by atoms with Crippen LogP contribution in [0.15, 0.2) is 78.9 Å². The Hall–Kier alpha value is -3.59. The summed E-state index contributed by atoms with van der Waals surface area (Å²) >= 11 is 1.24. The molecule has 1 fully saturated rings. The van der Waals surface area contributed by atoms with Crippen LogP contribution in [0.25, 0.3) is 0 Å². The second-order valence-electron chi connectivity index (χ2n) is 8.94. The highest BCUT2D eigenvalue weighted by molar-refractivity contribution is 7.07. The molecule has 4 aromatic rings. The number of ether oxygens (including phenoxy) is 2. The maximum atomic E-state index is 12.9. The van der Waals surface area contributed by atoms with Crippen LogP contribution in [0.1, 0.15) is 32.9 Å². The topological polar surface area (TPSA) is 76.6 Å². The molecule has 3 aromatic carbocycles. The molecule has 2 heterocycles. The van der Waals surface area contributed by atoms with Crippen LogP contribution in [0.2, 0.25) is 0 Å². The van der Waals surface area contributed by atoms with Gasteiger partial charge < -0.3 is 14.8 Å². The van der Waals surface area contributed by atoms with Crippen LogP contribution in [-0.2, 0) is 24.1 Å². The number of aromatic nitrogens is 2. The first-order valence-electron chi connectivity index (χ1n) is 12.5. The Bertz CT molecular complexity index is 1290. The molecule has 7 nitrogen and oxygen atoms in total. The van der Waals surface area contributed by atoms with E-state index in [1.54, 1.807) is 0 Å². The zero-order valence-corrected chi connectivity index (χ0v) is 21.5. The number of hydrogen-bond acceptors (Lipinski definition) is 7. The Balaban J connectivity index is 1.28. The first-order valence-corrected chi connectivity index (χ1v) is 13.3. The summed E-state index contributed by atoms with van der Waals surface area (Å²) in [5.41, 5.74) is 3.91. The Morgan fingerprint density at radius 1 is 0.973 bits per heavy atom. The van der Waals surface area contributed by atoms with Crippen LogP contribution >= 0.6 is 11.5 Å². The maximum absolute atomic E-state index is 12.9. The quantitative estimate of drug-likeness (QED) is 0.330. The van der Waals surface area contributed by atoms with E-state index in [9.17, 15) is 4.79 Å². The summed E-state index contributed by atoms with van der Waals surface area (Å²) in [6.45, 7) is 4.33. The fraction of sp³-hybridized carbons (Fsp3) is 0.276. The molecule has 0 atom stereocenters. The smallest absolute Gasteiger partial charge is 0.298 e. The number of morpholine rings is 1. The van der Waals surface area contributed by atoms with Crippen molar-refractivity contribution >= 4 is 17.4 Å². The van der Waals surface area contributed by atoms with Gasteiger partial charge in [-0.2, -0.15) is 9.36 Å². The summed E-state index contributed by atoms with van der Waals surface area (Å²) in [6.07, 6.45) is 1.44. The Morgan fingerprint density at radius 3 is 2.46 bits per heavy atom. The zero-order valence-electron chi connectivity index (χ0n) is 20.6. The summed E-state index contributed by atoms with van der Waals surface area (Å²) < 4.78 is 16.2. The molecule has 0 bridgehead atoms. The van der Waals surface area contributed by atoms with Gasteiger partial charge in [0.1, 0.15) is 5.75 Å². The monoisotopic (exact) mass is 514 g/mol. The summed E-state index contributed by atoms with van der Waals surface area (Å²) in [5, 5.41) is 3.53. The minimum absolute atomic E-state index is 0.0910. The maximum Gasteiger partial charge on any atom is 0.298 e. The molecular weight excluding hydrogens is 484 g/mol. The normalized spacial score (nSPS) is 13.8. The lowest BCUT2D eigenvalue weighted by Crippen LogP contribution is -2.35. The highest BCUT2D eigenvalue weighted by atomic mass is 32.1. The molecule has 0 spiro atoms. The van der Waals surface area contributed by atoms with E-state index < -0.39 is 0 Å². The van der Waals surface area contributed by atoms with Gasteiger partial charge >= 0.3 is 0 Å². The molecule has 190 valence electrons. The molecule has 1 aliphatic heterocycles. The van der Waals surface area contributed by atoms with Crippen molar-refractivity contribution in [2.75, 3.05) is 32.8 Å². The third kappa shape index (κ3) is 7.22. The fourth-order valence-corrected chi connectivity index (χ4v) is 4.80. The minimum Gasteiger partial charge on any atom is -0.430 e. The van der Waals surface area contributed by atoms with Gasteiger partial charge in [0.25, 0.3) is 11.1 Å². The van der Waals surface area contributed by atoms with Crippen LogP contribution in [0, 0.1) is 0 Å². The van der Waals surface area contributed by atoms with E-state index in [1.165, 1.54) is 17.1 Å². The number of amides is 1. The van der Waals surface area contributed by atoms with Crippen molar-refractivity contribution in [1.29, 1.82) is 0 Å². The summed E-state index contributed by atoms with van der Waals surface area (Å²) in [5.74, 6) is 1.33. The van der Waals surface area contributed by atoms with Gasteiger partial charge in [-0.3, -0.25) is 9.69 Å². The molecule has 37 heavy (non-hydrogen) atoms. The van der Waals surface area contributed by atoms with Gasteiger partial charge in [-0.1, -0.05) is 60.7 Å². The van der Waals surface area contributed by atoms with Gasteiger partial charge in [0.05, 0.1) is 13.2 Å². The highest BCUT2D eigenvalue weighted by Gasteiger charge is 2.18. The molecule has 5 rings (SSSR count). The number of carbonyl (C=O) groups is 1. The Kier molecular flexibility index (Phi) is 8.53. The van der Waals surface area contributed by atoms with Crippen molar-refractivity contribution < 1.29 is 14.3 Å². The van der Waals surface area contributed by atoms with Crippen molar-refractivity contribution in [1.82, 2.24) is 19.6 Å². The zero-order chi connectivity index (χ0) is 25.3. The van der Waals surface area contributed by atoms with Crippen LogP contribution < -0.4 is 10.1 Å². The molecule has 0 aliphatic carbocycles. The van der Waals surface area contributed by atoms with Gasteiger partial charge in [-0.25, -0.2) is 0 Å². The van der Waals surface area contributed by atoms with E-state index in [1.807, 2.05) is 54.6 Å². The second-order valence-corrected chi connectivity index (χ2v) is 9.66. The van der Waals surface area contributed by atoms with Crippen LogP contribution in [-0.4, -0.2) is 53.0 Å². The Labute approximate surface area is 221 Å². The molecule has 1 aliphatic rings. The van der Waals surface area contributed by atoms with Crippen LogP contribution in [0.5, 0.6) is 10.9 Å². The van der Waals surface area contributed by atoms with Crippen molar-refractivity contribution in [3.8, 4) is 10.9 Å². The predicted octanol–water partition coefficient (Wildman–Crippen LogP) is 4.73. The van der Waals surface area contributed by atoms with Crippen LogP contribution in [0.4, 0.5) is 0 Å². The highest BCUT2D eigenvalue weighted by Crippen LogP contribution is 2.29. The van der Waals surface area contributed by atoms with Crippen molar-refractivity contribution in [3.05, 3.63) is 107 Å². The molecular formula is C29H30N4O3S. The number of nitrogens with zero attached hydrogens (tertiary/aromatic N) is 3. The number of rotatable bonds is 10. The fourth-order valence-electron chi connectivity index (χ4n) is 4.23. The van der Waals surface area contributed by atoms with Crippen molar-refractivity contribution in [3.63, 3.8) is 0 Å². The molecule has 0 radical (unpaired) electrons. The predicted molar refractivity (Wildman–Crippen MR) is 144 cm³/mol. The van der Waals surface area contributed by atoms with Crippen molar-refractivity contribution in [2.45, 2.75) is 19.4 Å². The Morgan fingerprint density at radius 2 is 1.70 bits per heavy atom. The van der Waals surface area contributed by atoms with Crippen LogP contribution in [0.3, 0.4) is 0 Å². The number of benzene rings is 3. The van der Waals surface area contributed by atoms with Gasteiger partial charge in [-0.15, -0.1) is 0 Å². The lowest BCUT2D eigenvalue weighted by atomic mass is 10.1. The van der Waals surface area contributed by atoms with E-state index in [-0.39, 0.29) is 5.91 Å². The van der Waals surface area contributed by atoms with E-state index >= 15 is 0 Å². The van der Waals surface area contributed by atoms with Crippen molar-refractivity contribution in [2.24, 2.45) is 0 Å². The standard InChI is InChI=1S/C29H30N4O3S/c34-28(30-14-13-22-7-3-1-4-8-22)24-11-12-26(25(20-24)21-33-15-17-35-18-16-33)36-29-31-27(32-37-29)19-23-9-5-2-6-10-23/h1-12,20H,13-19,21H2,(H,30,34). The summed E-state index contributed by atoms with van der Waals surface area (Å²) in [7, 11) is 0. The summed E-state index contributed by atoms with van der Waals surface area (Å²) in [6, 6.07) is 25.9. The van der Waals surface area contributed by atoms with E-state index in [2.05, 4.69) is 43.8 Å². The number of hydrogen-bond donors (Lipinski definition) is 1. The van der Waals surface area contributed by atoms with Gasteiger partial charge in [0.2, 0.25) is 0 Å². The lowest BCUT2D eigenvalue weighted by molar-refractivity contribution is 0.0339. The molecule has 1 aromatic heterocycles. The second kappa shape index (κ2) is 12.6. The van der Waals surface area contributed by atoms with E-state index in [0.29, 0.717) is 49.2 Å². The lowest BCUT2D eigenvalue weighted by Gasteiger charge is -2.27. The third-order valence-corrected chi connectivity index (χ3v) is 6.85. The molecule has 8 heteroatoms. The molecule has 0 unspecified atom stereocenters. The van der Waals surface area contributed by atoms with E-state index in [4.69, 9.17) is 9.47 Å². The number of carbonyl (C=O) groups excluding carboxylic acids is 1. The minimum atomic E-state index is -0.0910. The molecule has 0 saturated carbocycles. The first kappa shape index (κ1) is 25.1. The van der Waals surface area contributed by atoms with Gasteiger partial charge in [0.15, 0.2) is 5.82 Å². The van der Waals surface area contributed by atoms with Gasteiger partial charge in [0, 0.05) is 55.3 Å². The SMILES string of the molecule is O=C(NCCc1ccccc1)c1ccc(Oc2nc(Cc3ccccc3)ns2)c(CN2CCOCC2)c1. The van der Waals surface area contributed by atoms with E-state index in [0.717, 1.165) is 36.5 Å². The average molecular weight is 515 g/mol. The van der Waals surface area contributed by atoms with Gasteiger partial charge in [-0.05, 0) is 35.7 Å². The largest absolute Gasteiger partial charge is 0.430 e. The first-order chi connectivity index (χ1) is 18.2. The summed E-state index contributed by atoms with van der Waals surface area (Å²) in [4.78, 5) is 19.8. The molecule has 1 saturated heterocycles. The number of nitrogens with one attached hydrogen (secondary N) is 1. The molecule has 1 amide bonds. The third-order valence-electron chi connectivity index (χ3n) is 6.21. The molecule has 1 N–H and O–H groups in total.